The fourth-order valence-corrected chi connectivity index (χ4v) is 4.39. The van der Waals surface area contributed by atoms with Gasteiger partial charge in [0.25, 0.3) is 0 Å². The number of aryl methyl sites for hydroxylation is 1. The number of hydrogen-bond acceptors (Lipinski definition) is 5. The minimum absolute atomic E-state index is 0.0768. The van der Waals surface area contributed by atoms with Gasteiger partial charge in [-0.05, 0) is 30.2 Å². The average Bonchev–Trinajstić information content (AvgIpc) is 3.24. The molecule has 0 aromatic heterocycles. The number of nitrogens with one attached hydrogen (secondary N) is 1. The van der Waals surface area contributed by atoms with Gasteiger partial charge in [-0.1, -0.05) is 60.2 Å². The van der Waals surface area contributed by atoms with Crippen molar-refractivity contribution in [3.05, 3.63) is 89.5 Å². The summed E-state index contributed by atoms with van der Waals surface area (Å²) >= 11 is 0. The molecule has 166 valence electrons. The van der Waals surface area contributed by atoms with Gasteiger partial charge in [0, 0.05) is 6.07 Å². The van der Waals surface area contributed by atoms with Crippen molar-refractivity contribution in [2.24, 2.45) is 0 Å². The first kappa shape index (κ1) is 21.7. The van der Waals surface area contributed by atoms with Crippen molar-refractivity contribution in [1.29, 1.82) is 0 Å². The van der Waals surface area contributed by atoms with Gasteiger partial charge in [-0.15, -0.1) is 0 Å². The van der Waals surface area contributed by atoms with E-state index in [2.05, 4.69) is 5.32 Å². The van der Waals surface area contributed by atoms with E-state index in [0.717, 1.165) is 27.3 Å². The van der Waals surface area contributed by atoms with Gasteiger partial charge in [-0.2, -0.15) is 0 Å². The summed E-state index contributed by atoms with van der Waals surface area (Å²) in [6.45, 7) is 1.70. The molecule has 1 heterocycles. The number of ether oxygens (including phenoxy) is 2. The molecule has 1 aliphatic rings. The largest absolute Gasteiger partial charge is 0.454 e. The highest BCUT2D eigenvalue weighted by atomic mass is 32.2. The molecule has 0 bridgehead atoms. The molecule has 0 spiro atoms. The number of carbonyl (C=O) groups is 1. The Morgan fingerprint density at radius 1 is 0.969 bits per heavy atom. The van der Waals surface area contributed by atoms with Crippen molar-refractivity contribution in [1.82, 2.24) is 5.32 Å². The molecule has 0 aliphatic carbocycles. The van der Waals surface area contributed by atoms with Gasteiger partial charge in [0.1, 0.15) is 6.54 Å². The lowest BCUT2D eigenvalue weighted by Crippen LogP contribution is -2.41. The van der Waals surface area contributed by atoms with E-state index in [1.165, 1.54) is 0 Å². The van der Waals surface area contributed by atoms with Gasteiger partial charge < -0.3 is 14.8 Å². The minimum Gasteiger partial charge on any atom is -0.454 e. The molecule has 0 radical (unpaired) electrons. The molecule has 1 amide bonds. The summed E-state index contributed by atoms with van der Waals surface area (Å²) in [5, 5.41) is 2.99. The molecule has 1 aliphatic heterocycles. The van der Waals surface area contributed by atoms with E-state index in [0.29, 0.717) is 17.2 Å². The molecule has 0 unspecified atom stereocenters. The predicted molar refractivity (Wildman–Crippen MR) is 122 cm³/mol. The van der Waals surface area contributed by atoms with Crippen LogP contribution in [-0.2, 0) is 14.8 Å². The van der Waals surface area contributed by atoms with E-state index in [1.54, 1.807) is 18.2 Å². The van der Waals surface area contributed by atoms with Crippen LogP contribution in [0, 0.1) is 6.92 Å². The number of sulfonamides is 1. The first-order chi connectivity index (χ1) is 15.3. The fraction of sp³-hybridized carbons (Fsp3) is 0.208. The lowest BCUT2D eigenvalue weighted by atomic mass is 9.98. The summed E-state index contributed by atoms with van der Waals surface area (Å²) in [7, 11) is -3.73. The maximum absolute atomic E-state index is 13.1. The number of fused-ring (bicyclic) bond motifs is 1. The van der Waals surface area contributed by atoms with Crippen molar-refractivity contribution >= 4 is 21.6 Å². The minimum atomic E-state index is -3.73. The molecule has 32 heavy (non-hydrogen) atoms. The lowest BCUT2D eigenvalue weighted by molar-refractivity contribution is -0.120. The van der Waals surface area contributed by atoms with Crippen molar-refractivity contribution in [3.63, 3.8) is 0 Å². The number of amides is 1. The molecule has 1 atom stereocenters. The van der Waals surface area contributed by atoms with Crippen LogP contribution in [0.2, 0.25) is 0 Å². The van der Waals surface area contributed by atoms with Crippen molar-refractivity contribution in [2.45, 2.75) is 13.0 Å². The molecule has 8 heteroatoms. The van der Waals surface area contributed by atoms with Crippen LogP contribution in [0.3, 0.4) is 0 Å². The lowest BCUT2D eigenvalue weighted by Gasteiger charge is -2.25. The van der Waals surface area contributed by atoms with Crippen LogP contribution in [0.5, 0.6) is 11.5 Å². The Morgan fingerprint density at radius 3 is 2.31 bits per heavy atom. The zero-order chi connectivity index (χ0) is 22.7. The number of nitrogens with zero attached hydrogens (tertiary/aromatic N) is 1. The third-order valence-electron chi connectivity index (χ3n) is 5.18. The zero-order valence-corrected chi connectivity index (χ0v) is 18.6. The van der Waals surface area contributed by atoms with Crippen molar-refractivity contribution in [3.8, 4) is 11.5 Å². The number of hydrogen-bond donors (Lipinski definition) is 1. The Hall–Kier alpha value is -3.52. The van der Waals surface area contributed by atoms with E-state index < -0.39 is 22.0 Å². The summed E-state index contributed by atoms with van der Waals surface area (Å²) in [6, 6.07) is 21.8. The fourth-order valence-electron chi connectivity index (χ4n) is 3.54. The van der Waals surface area contributed by atoms with E-state index in [9.17, 15) is 13.2 Å². The number of carbonyl (C=O) groups excluding carboxylic acids is 1. The van der Waals surface area contributed by atoms with E-state index in [1.807, 2.05) is 61.5 Å². The predicted octanol–water partition coefficient (Wildman–Crippen LogP) is 3.40. The number of anilines is 1. The van der Waals surface area contributed by atoms with Crippen LogP contribution in [-0.4, -0.2) is 33.9 Å². The maximum atomic E-state index is 13.1. The van der Waals surface area contributed by atoms with E-state index >= 15 is 0 Å². The topological polar surface area (TPSA) is 84.9 Å². The molecule has 3 aromatic rings. The smallest absolute Gasteiger partial charge is 0.241 e. The molecule has 0 saturated heterocycles. The highest BCUT2D eigenvalue weighted by Crippen LogP contribution is 2.36. The summed E-state index contributed by atoms with van der Waals surface area (Å²) in [5.41, 5.74) is 3.25. The Balaban J connectivity index is 1.60. The normalized spacial score (nSPS) is 13.4. The Bertz CT molecular complexity index is 1210. The van der Waals surface area contributed by atoms with Gasteiger partial charge in [-0.3, -0.25) is 9.10 Å². The molecular weight excluding hydrogens is 428 g/mol. The summed E-state index contributed by atoms with van der Waals surface area (Å²) in [6.07, 6.45) is 1.07. The van der Waals surface area contributed by atoms with Gasteiger partial charge in [0.05, 0.1) is 18.0 Å². The second-order valence-corrected chi connectivity index (χ2v) is 9.54. The maximum Gasteiger partial charge on any atom is 0.241 e. The second-order valence-electron chi connectivity index (χ2n) is 7.63. The van der Waals surface area contributed by atoms with Crippen LogP contribution in [0.15, 0.2) is 72.8 Å². The highest BCUT2D eigenvalue weighted by Gasteiger charge is 2.25. The molecular formula is C24H24N2O5S. The Labute approximate surface area is 187 Å². The van der Waals surface area contributed by atoms with Crippen molar-refractivity contribution < 1.29 is 22.7 Å². The zero-order valence-electron chi connectivity index (χ0n) is 17.8. The van der Waals surface area contributed by atoms with E-state index in [-0.39, 0.29) is 13.3 Å². The number of benzene rings is 3. The Morgan fingerprint density at radius 2 is 1.62 bits per heavy atom. The van der Waals surface area contributed by atoms with Gasteiger partial charge in [-0.25, -0.2) is 8.42 Å². The molecule has 1 N–H and O–H groups in total. The van der Waals surface area contributed by atoms with Gasteiger partial charge in [0.2, 0.25) is 22.7 Å². The second kappa shape index (κ2) is 8.92. The summed E-state index contributed by atoms with van der Waals surface area (Å²) < 4.78 is 36.7. The standard InChI is InChI=1S/C24H24N2O5S/c1-17-8-10-19(11-9-17)24(18-6-4-3-5-7-18)25-23(27)15-26(32(2,28)29)20-12-13-21-22(14-20)31-16-30-21/h3-14,24H,15-16H2,1-2H3,(H,25,27)/t24-/m0/s1. The molecule has 0 fully saturated rings. The van der Waals surface area contributed by atoms with Crippen LogP contribution >= 0.6 is 0 Å². The van der Waals surface area contributed by atoms with Crippen LogP contribution in [0.25, 0.3) is 0 Å². The molecule has 7 nitrogen and oxygen atoms in total. The molecule has 4 rings (SSSR count). The monoisotopic (exact) mass is 452 g/mol. The van der Waals surface area contributed by atoms with Crippen LogP contribution in [0.1, 0.15) is 22.7 Å². The first-order valence-electron chi connectivity index (χ1n) is 10.1. The molecule has 3 aromatic carbocycles. The molecule has 0 saturated carbocycles. The Kier molecular flexibility index (Phi) is 6.05. The quantitative estimate of drug-likeness (QED) is 0.594. The van der Waals surface area contributed by atoms with Crippen LogP contribution < -0.4 is 19.1 Å². The van der Waals surface area contributed by atoms with Crippen molar-refractivity contribution in [2.75, 3.05) is 23.9 Å². The van der Waals surface area contributed by atoms with E-state index in [4.69, 9.17) is 9.47 Å². The average molecular weight is 453 g/mol. The first-order valence-corrected chi connectivity index (χ1v) is 11.9. The van der Waals surface area contributed by atoms with Crippen LogP contribution in [0.4, 0.5) is 5.69 Å². The highest BCUT2D eigenvalue weighted by molar-refractivity contribution is 7.92. The summed E-state index contributed by atoms with van der Waals surface area (Å²) in [5.74, 6) is 0.552. The van der Waals surface area contributed by atoms with Gasteiger partial charge in [0.15, 0.2) is 11.5 Å². The number of rotatable bonds is 7. The third kappa shape index (κ3) is 4.86. The summed E-state index contributed by atoms with van der Waals surface area (Å²) in [4.78, 5) is 13.1. The third-order valence-corrected chi connectivity index (χ3v) is 6.32. The van der Waals surface area contributed by atoms with Gasteiger partial charge >= 0.3 is 0 Å². The SMILES string of the molecule is Cc1ccc([C@@H](NC(=O)CN(c2ccc3c(c2)OCO3)S(C)(=O)=O)c2ccccc2)cc1.